The van der Waals surface area contributed by atoms with E-state index in [1.165, 1.54) is 12.1 Å². The Morgan fingerprint density at radius 2 is 1.95 bits per heavy atom. The highest BCUT2D eigenvalue weighted by molar-refractivity contribution is 5.51. The maximum absolute atomic E-state index is 13.2. The van der Waals surface area contributed by atoms with Crippen molar-refractivity contribution in [2.45, 2.75) is 13.5 Å². The highest BCUT2D eigenvalue weighted by Crippen LogP contribution is 2.18. The van der Waals surface area contributed by atoms with Gasteiger partial charge in [0, 0.05) is 12.2 Å². The van der Waals surface area contributed by atoms with Crippen LogP contribution in [-0.4, -0.2) is 6.61 Å². The minimum atomic E-state index is -0.230. The van der Waals surface area contributed by atoms with Gasteiger partial charge in [-0.05, 0) is 42.3 Å². The van der Waals surface area contributed by atoms with Gasteiger partial charge in [-0.25, -0.2) is 4.39 Å². The lowest BCUT2D eigenvalue weighted by Crippen LogP contribution is -2.01. The van der Waals surface area contributed by atoms with E-state index >= 15 is 0 Å². The Bertz CT molecular complexity index is 578. The number of anilines is 1. The summed E-state index contributed by atoms with van der Waals surface area (Å²) in [5.74, 6) is 0.585. The Morgan fingerprint density at radius 1 is 1.20 bits per heavy atom. The molecule has 0 bridgehead atoms. The van der Waals surface area contributed by atoms with Crippen LogP contribution in [0.15, 0.2) is 55.1 Å². The van der Waals surface area contributed by atoms with Gasteiger partial charge in [-0.3, -0.25) is 0 Å². The number of rotatable bonds is 6. The minimum absolute atomic E-state index is 0.230. The van der Waals surface area contributed by atoms with Gasteiger partial charge in [0.05, 0.1) is 0 Å². The molecule has 0 amide bonds. The van der Waals surface area contributed by atoms with Crippen LogP contribution in [0, 0.1) is 12.7 Å². The van der Waals surface area contributed by atoms with E-state index in [0.29, 0.717) is 13.2 Å². The standard InChI is InChI=1S/C17H18FNO/c1-3-10-20-16-8-5-14(6-9-16)12-19-17-11-15(18)7-4-13(17)2/h3-9,11,19H,1,10,12H2,2H3. The first-order valence-corrected chi connectivity index (χ1v) is 6.51. The van der Waals surface area contributed by atoms with E-state index in [9.17, 15) is 4.39 Å². The fourth-order valence-corrected chi connectivity index (χ4v) is 1.84. The molecule has 0 aliphatic rings. The van der Waals surface area contributed by atoms with E-state index in [4.69, 9.17) is 4.74 Å². The normalized spacial score (nSPS) is 10.1. The molecule has 0 saturated heterocycles. The molecule has 104 valence electrons. The fourth-order valence-electron chi connectivity index (χ4n) is 1.84. The van der Waals surface area contributed by atoms with Crippen LogP contribution in [0.3, 0.4) is 0 Å². The minimum Gasteiger partial charge on any atom is -0.490 e. The van der Waals surface area contributed by atoms with Crippen molar-refractivity contribution in [3.8, 4) is 5.75 Å². The summed E-state index contributed by atoms with van der Waals surface area (Å²) in [6.45, 7) is 6.70. The lowest BCUT2D eigenvalue weighted by atomic mass is 10.1. The molecule has 3 heteroatoms. The summed E-state index contributed by atoms with van der Waals surface area (Å²) in [6, 6.07) is 12.5. The summed E-state index contributed by atoms with van der Waals surface area (Å²) in [4.78, 5) is 0. The van der Waals surface area contributed by atoms with E-state index in [1.807, 2.05) is 31.2 Å². The number of hydrogen-bond acceptors (Lipinski definition) is 2. The second-order valence-electron chi connectivity index (χ2n) is 4.56. The summed E-state index contributed by atoms with van der Waals surface area (Å²) in [5, 5.41) is 3.24. The average molecular weight is 271 g/mol. The molecule has 0 atom stereocenters. The summed E-state index contributed by atoms with van der Waals surface area (Å²) in [5.41, 5.74) is 2.95. The van der Waals surface area contributed by atoms with Gasteiger partial charge in [-0.1, -0.05) is 30.9 Å². The zero-order valence-electron chi connectivity index (χ0n) is 11.5. The van der Waals surface area contributed by atoms with Crippen molar-refractivity contribution in [1.29, 1.82) is 0 Å². The summed E-state index contributed by atoms with van der Waals surface area (Å²) < 4.78 is 18.6. The highest BCUT2D eigenvalue weighted by atomic mass is 19.1. The number of nitrogens with one attached hydrogen (secondary N) is 1. The number of hydrogen-bond donors (Lipinski definition) is 1. The Hall–Kier alpha value is -2.29. The number of aryl methyl sites for hydroxylation is 1. The topological polar surface area (TPSA) is 21.3 Å². The predicted octanol–water partition coefficient (Wildman–Crippen LogP) is 4.31. The molecule has 0 heterocycles. The molecule has 0 unspecified atom stereocenters. The van der Waals surface area contributed by atoms with Crippen molar-refractivity contribution >= 4 is 5.69 Å². The van der Waals surface area contributed by atoms with Crippen LogP contribution in [0.4, 0.5) is 10.1 Å². The van der Waals surface area contributed by atoms with Crippen molar-refractivity contribution < 1.29 is 9.13 Å². The van der Waals surface area contributed by atoms with Crippen LogP contribution >= 0.6 is 0 Å². The molecule has 0 aromatic heterocycles. The Labute approximate surface area is 118 Å². The Morgan fingerprint density at radius 3 is 2.65 bits per heavy atom. The van der Waals surface area contributed by atoms with Crippen LogP contribution in [0.2, 0.25) is 0 Å². The molecule has 2 aromatic carbocycles. The molecule has 1 N–H and O–H groups in total. The van der Waals surface area contributed by atoms with E-state index < -0.39 is 0 Å². The number of halogens is 1. The molecule has 0 saturated carbocycles. The maximum atomic E-state index is 13.2. The summed E-state index contributed by atoms with van der Waals surface area (Å²) in [6.07, 6.45) is 1.71. The van der Waals surface area contributed by atoms with E-state index in [-0.39, 0.29) is 5.82 Å². The van der Waals surface area contributed by atoms with E-state index in [1.54, 1.807) is 12.1 Å². The van der Waals surface area contributed by atoms with Crippen LogP contribution < -0.4 is 10.1 Å². The maximum Gasteiger partial charge on any atom is 0.125 e. The second-order valence-corrected chi connectivity index (χ2v) is 4.56. The molecule has 0 fully saturated rings. The van der Waals surface area contributed by atoms with Crippen molar-refractivity contribution in [1.82, 2.24) is 0 Å². The molecule has 2 rings (SSSR count). The highest BCUT2D eigenvalue weighted by Gasteiger charge is 2.00. The van der Waals surface area contributed by atoms with Gasteiger partial charge in [0.25, 0.3) is 0 Å². The average Bonchev–Trinajstić information content (AvgIpc) is 2.47. The van der Waals surface area contributed by atoms with Gasteiger partial charge in [-0.2, -0.15) is 0 Å². The molecule has 2 nitrogen and oxygen atoms in total. The third kappa shape index (κ3) is 3.85. The largest absolute Gasteiger partial charge is 0.490 e. The van der Waals surface area contributed by atoms with Crippen molar-refractivity contribution in [3.63, 3.8) is 0 Å². The molecular formula is C17H18FNO. The van der Waals surface area contributed by atoms with Gasteiger partial charge in [0.2, 0.25) is 0 Å². The van der Waals surface area contributed by atoms with Crippen LogP contribution in [0.25, 0.3) is 0 Å². The molecule has 2 aromatic rings. The molecule has 0 aliphatic heterocycles. The van der Waals surface area contributed by atoms with Gasteiger partial charge in [0.1, 0.15) is 18.2 Å². The van der Waals surface area contributed by atoms with Gasteiger partial charge >= 0.3 is 0 Å². The number of ether oxygens (including phenoxy) is 1. The van der Waals surface area contributed by atoms with E-state index in [2.05, 4.69) is 11.9 Å². The molecule has 20 heavy (non-hydrogen) atoms. The lowest BCUT2D eigenvalue weighted by molar-refractivity contribution is 0.363. The molecule has 0 spiro atoms. The Kier molecular flexibility index (Phi) is 4.77. The first-order valence-electron chi connectivity index (χ1n) is 6.51. The monoisotopic (exact) mass is 271 g/mol. The lowest BCUT2D eigenvalue weighted by Gasteiger charge is -2.10. The van der Waals surface area contributed by atoms with Crippen molar-refractivity contribution in [3.05, 3.63) is 72.1 Å². The van der Waals surface area contributed by atoms with Gasteiger partial charge in [0.15, 0.2) is 0 Å². The van der Waals surface area contributed by atoms with Gasteiger partial charge < -0.3 is 10.1 Å². The zero-order valence-corrected chi connectivity index (χ0v) is 11.5. The van der Waals surface area contributed by atoms with E-state index in [0.717, 1.165) is 22.6 Å². The van der Waals surface area contributed by atoms with Gasteiger partial charge in [-0.15, -0.1) is 0 Å². The fraction of sp³-hybridized carbons (Fsp3) is 0.176. The zero-order chi connectivity index (χ0) is 14.4. The first kappa shape index (κ1) is 14.1. The third-order valence-electron chi connectivity index (χ3n) is 2.97. The molecule has 0 radical (unpaired) electrons. The molecular weight excluding hydrogens is 253 g/mol. The first-order chi connectivity index (χ1) is 9.69. The summed E-state index contributed by atoms with van der Waals surface area (Å²) in [7, 11) is 0. The SMILES string of the molecule is C=CCOc1ccc(CNc2cc(F)ccc2C)cc1. The van der Waals surface area contributed by atoms with Crippen molar-refractivity contribution in [2.24, 2.45) is 0 Å². The van der Waals surface area contributed by atoms with Crippen LogP contribution in [-0.2, 0) is 6.54 Å². The number of benzene rings is 2. The smallest absolute Gasteiger partial charge is 0.125 e. The van der Waals surface area contributed by atoms with Crippen LogP contribution in [0.1, 0.15) is 11.1 Å². The van der Waals surface area contributed by atoms with Crippen LogP contribution in [0.5, 0.6) is 5.75 Å². The Balaban J connectivity index is 1.96. The summed E-state index contributed by atoms with van der Waals surface area (Å²) >= 11 is 0. The second kappa shape index (κ2) is 6.75. The third-order valence-corrected chi connectivity index (χ3v) is 2.97. The quantitative estimate of drug-likeness (QED) is 0.790. The predicted molar refractivity (Wildman–Crippen MR) is 80.6 cm³/mol. The molecule has 0 aliphatic carbocycles. The van der Waals surface area contributed by atoms with Crippen molar-refractivity contribution in [2.75, 3.05) is 11.9 Å².